The number of rotatable bonds is 5. The fourth-order valence-electron chi connectivity index (χ4n) is 2.38. The average Bonchev–Trinajstić information content (AvgIpc) is 2.28. The van der Waals surface area contributed by atoms with E-state index in [0.717, 1.165) is 38.9 Å². The van der Waals surface area contributed by atoms with Gasteiger partial charge in [-0.1, -0.05) is 20.8 Å². The highest BCUT2D eigenvalue weighted by molar-refractivity contribution is 5.81. The molecular formula is C13H27N3O. The molecule has 1 rings (SSSR count). The average molecular weight is 241 g/mol. The number of likely N-dealkylation sites (N-methyl/N-ethyl adjacent to an activating group) is 1. The van der Waals surface area contributed by atoms with Crippen molar-refractivity contribution >= 4 is 5.91 Å². The lowest BCUT2D eigenvalue weighted by molar-refractivity contribution is -0.123. The zero-order valence-electron chi connectivity index (χ0n) is 11.4. The van der Waals surface area contributed by atoms with Crippen molar-refractivity contribution in [2.45, 2.75) is 52.1 Å². The van der Waals surface area contributed by atoms with Crippen molar-refractivity contribution in [3.05, 3.63) is 0 Å². The largest absolute Gasteiger partial charge is 0.351 e. The van der Waals surface area contributed by atoms with E-state index in [1.54, 1.807) is 0 Å². The number of piperidine rings is 1. The van der Waals surface area contributed by atoms with Gasteiger partial charge in [-0.2, -0.15) is 0 Å². The van der Waals surface area contributed by atoms with Crippen LogP contribution in [0, 0.1) is 5.92 Å². The normalized spacial score (nSPS) is 23.7. The molecule has 0 aromatic carbocycles. The van der Waals surface area contributed by atoms with Gasteiger partial charge in [-0.15, -0.1) is 0 Å². The molecule has 0 aromatic heterocycles. The number of amides is 1. The molecule has 1 fully saturated rings. The Morgan fingerprint density at radius 3 is 2.82 bits per heavy atom. The highest BCUT2D eigenvalue weighted by Crippen LogP contribution is 2.10. The number of likely N-dealkylation sites (tertiary alicyclic amines) is 1. The Morgan fingerprint density at radius 2 is 2.24 bits per heavy atom. The van der Waals surface area contributed by atoms with Gasteiger partial charge >= 0.3 is 0 Å². The van der Waals surface area contributed by atoms with Crippen molar-refractivity contribution < 1.29 is 4.79 Å². The molecule has 0 aliphatic carbocycles. The summed E-state index contributed by atoms with van der Waals surface area (Å²) in [5.74, 6) is 0.482. The van der Waals surface area contributed by atoms with Gasteiger partial charge in [-0.3, -0.25) is 4.79 Å². The minimum absolute atomic E-state index is 0.0154. The van der Waals surface area contributed by atoms with Crippen molar-refractivity contribution in [2.24, 2.45) is 11.7 Å². The molecule has 0 aromatic rings. The van der Waals surface area contributed by atoms with Gasteiger partial charge in [0.05, 0.1) is 6.04 Å². The Hall–Kier alpha value is -0.610. The lowest BCUT2D eigenvalue weighted by Crippen LogP contribution is -2.52. The Bertz CT molecular complexity index is 243. The molecule has 1 saturated heterocycles. The summed E-state index contributed by atoms with van der Waals surface area (Å²) in [5, 5.41) is 3.08. The predicted molar refractivity (Wildman–Crippen MR) is 70.7 cm³/mol. The van der Waals surface area contributed by atoms with Gasteiger partial charge < -0.3 is 16.0 Å². The number of nitrogens with two attached hydrogens (primary N) is 1. The van der Waals surface area contributed by atoms with Crippen LogP contribution in [0.4, 0.5) is 0 Å². The third-order valence-corrected chi connectivity index (χ3v) is 3.36. The van der Waals surface area contributed by atoms with Crippen molar-refractivity contribution in [3.63, 3.8) is 0 Å². The van der Waals surface area contributed by atoms with E-state index in [9.17, 15) is 4.79 Å². The quantitative estimate of drug-likeness (QED) is 0.754. The summed E-state index contributed by atoms with van der Waals surface area (Å²) < 4.78 is 0. The Balaban J connectivity index is 2.34. The maximum atomic E-state index is 11.9. The second kappa shape index (κ2) is 6.97. The van der Waals surface area contributed by atoms with Crippen LogP contribution < -0.4 is 11.1 Å². The van der Waals surface area contributed by atoms with E-state index < -0.39 is 0 Å². The molecule has 1 aliphatic rings. The summed E-state index contributed by atoms with van der Waals surface area (Å²) >= 11 is 0. The van der Waals surface area contributed by atoms with Crippen molar-refractivity contribution in [2.75, 3.05) is 19.6 Å². The maximum Gasteiger partial charge on any atom is 0.237 e. The number of carbonyl (C=O) groups is 1. The molecule has 0 radical (unpaired) electrons. The fraction of sp³-hybridized carbons (Fsp3) is 0.923. The molecule has 1 unspecified atom stereocenters. The van der Waals surface area contributed by atoms with Gasteiger partial charge in [0, 0.05) is 12.6 Å². The molecule has 17 heavy (non-hydrogen) atoms. The van der Waals surface area contributed by atoms with Crippen LogP contribution in [0.15, 0.2) is 0 Å². The zero-order valence-corrected chi connectivity index (χ0v) is 11.4. The molecule has 2 atom stereocenters. The molecule has 1 aliphatic heterocycles. The van der Waals surface area contributed by atoms with E-state index in [1.807, 2.05) is 0 Å². The van der Waals surface area contributed by atoms with Gasteiger partial charge in [0.25, 0.3) is 0 Å². The Labute approximate surface area is 105 Å². The van der Waals surface area contributed by atoms with Crippen LogP contribution in [0.25, 0.3) is 0 Å². The van der Waals surface area contributed by atoms with E-state index in [4.69, 9.17) is 5.73 Å². The van der Waals surface area contributed by atoms with Crippen LogP contribution >= 0.6 is 0 Å². The van der Waals surface area contributed by atoms with Crippen LogP contribution in [-0.4, -0.2) is 42.5 Å². The minimum Gasteiger partial charge on any atom is -0.351 e. The van der Waals surface area contributed by atoms with Crippen LogP contribution in [0.2, 0.25) is 0 Å². The van der Waals surface area contributed by atoms with Gasteiger partial charge in [0.1, 0.15) is 0 Å². The van der Waals surface area contributed by atoms with E-state index in [2.05, 4.69) is 31.0 Å². The summed E-state index contributed by atoms with van der Waals surface area (Å²) in [5.41, 5.74) is 5.88. The SMILES string of the molecule is CCN1CCCC(NC(=O)[C@H](N)CC(C)C)C1. The minimum atomic E-state index is -0.355. The van der Waals surface area contributed by atoms with Crippen LogP contribution in [0.3, 0.4) is 0 Å². The van der Waals surface area contributed by atoms with Gasteiger partial charge in [-0.25, -0.2) is 0 Å². The highest BCUT2D eigenvalue weighted by atomic mass is 16.2. The molecule has 0 saturated carbocycles. The molecule has 3 N–H and O–H groups in total. The highest BCUT2D eigenvalue weighted by Gasteiger charge is 2.23. The topological polar surface area (TPSA) is 58.4 Å². The monoisotopic (exact) mass is 241 g/mol. The summed E-state index contributed by atoms with van der Waals surface area (Å²) in [4.78, 5) is 14.3. The van der Waals surface area contributed by atoms with Gasteiger partial charge in [-0.05, 0) is 38.3 Å². The van der Waals surface area contributed by atoms with Gasteiger partial charge in [0.15, 0.2) is 0 Å². The first-order valence-electron chi connectivity index (χ1n) is 6.81. The number of nitrogens with zero attached hydrogens (tertiary/aromatic N) is 1. The first kappa shape index (κ1) is 14.5. The van der Waals surface area contributed by atoms with Crippen LogP contribution in [0.5, 0.6) is 0 Å². The van der Waals surface area contributed by atoms with E-state index in [-0.39, 0.29) is 18.0 Å². The molecule has 4 heteroatoms. The third-order valence-electron chi connectivity index (χ3n) is 3.36. The smallest absolute Gasteiger partial charge is 0.237 e. The molecule has 100 valence electrons. The van der Waals surface area contributed by atoms with Crippen molar-refractivity contribution in [3.8, 4) is 0 Å². The van der Waals surface area contributed by atoms with Crippen molar-refractivity contribution in [1.82, 2.24) is 10.2 Å². The summed E-state index contributed by atoms with van der Waals surface area (Å²) in [6.45, 7) is 9.52. The van der Waals surface area contributed by atoms with Gasteiger partial charge in [0.2, 0.25) is 5.91 Å². The first-order valence-corrected chi connectivity index (χ1v) is 6.81. The lowest BCUT2D eigenvalue weighted by atomic mass is 10.0. The van der Waals surface area contributed by atoms with E-state index in [1.165, 1.54) is 0 Å². The number of hydrogen-bond donors (Lipinski definition) is 2. The molecule has 0 spiro atoms. The number of carbonyl (C=O) groups excluding carboxylic acids is 1. The second-order valence-corrected chi connectivity index (χ2v) is 5.48. The van der Waals surface area contributed by atoms with Crippen molar-refractivity contribution in [1.29, 1.82) is 0 Å². The van der Waals surface area contributed by atoms with E-state index >= 15 is 0 Å². The fourth-order valence-corrected chi connectivity index (χ4v) is 2.38. The predicted octanol–water partition coefficient (Wildman–Crippen LogP) is 0.960. The number of hydrogen-bond acceptors (Lipinski definition) is 3. The first-order chi connectivity index (χ1) is 8.02. The molecule has 0 bridgehead atoms. The maximum absolute atomic E-state index is 11.9. The Kier molecular flexibility index (Phi) is 5.92. The van der Waals surface area contributed by atoms with E-state index in [0.29, 0.717) is 5.92 Å². The molecule has 1 heterocycles. The van der Waals surface area contributed by atoms with Crippen LogP contribution in [0.1, 0.15) is 40.0 Å². The lowest BCUT2D eigenvalue weighted by Gasteiger charge is -2.32. The third kappa shape index (κ3) is 5.04. The summed E-state index contributed by atoms with van der Waals surface area (Å²) in [6.07, 6.45) is 3.00. The van der Waals surface area contributed by atoms with Crippen LogP contribution in [-0.2, 0) is 4.79 Å². The summed E-state index contributed by atoms with van der Waals surface area (Å²) in [6, 6.07) is -0.0681. The summed E-state index contributed by atoms with van der Waals surface area (Å²) in [7, 11) is 0. The molecule has 1 amide bonds. The molecule has 4 nitrogen and oxygen atoms in total. The number of nitrogens with one attached hydrogen (secondary N) is 1. The standard InChI is InChI=1S/C13H27N3O/c1-4-16-7-5-6-11(9-16)15-13(17)12(14)8-10(2)3/h10-12H,4-9,14H2,1-3H3,(H,15,17)/t11?,12-/m1/s1. The second-order valence-electron chi connectivity index (χ2n) is 5.48. The molecular weight excluding hydrogens is 214 g/mol. The zero-order chi connectivity index (χ0) is 12.8. The Morgan fingerprint density at radius 1 is 1.53 bits per heavy atom.